The van der Waals surface area contributed by atoms with E-state index in [1.807, 2.05) is 35.4 Å². The number of nitrogens with one attached hydrogen (secondary N) is 1. The number of rotatable bonds is 7. The van der Waals surface area contributed by atoms with E-state index in [9.17, 15) is 9.59 Å². The molecule has 0 radical (unpaired) electrons. The molecule has 0 aliphatic carbocycles. The highest BCUT2D eigenvalue weighted by Gasteiger charge is 2.33. The van der Waals surface area contributed by atoms with Crippen molar-refractivity contribution in [2.24, 2.45) is 0 Å². The van der Waals surface area contributed by atoms with E-state index in [4.69, 9.17) is 9.72 Å². The van der Waals surface area contributed by atoms with Gasteiger partial charge in [0, 0.05) is 56.2 Å². The smallest absolute Gasteiger partial charge is 0.252 e. The summed E-state index contributed by atoms with van der Waals surface area (Å²) in [7, 11) is 0. The van der Waals surface area contributed by atoms with Crippen molar-refractivity contribution in [3.05, 3.63) is 52.8 Å². The molecule has 9 heteroatoms. The van der Waals surface area contributed by atoms with Crippen molar-refractivity contribution in [3.63, 3.8) is 0 Å². The number of benzene rings is 1. The Balaban J connectivity index is 1.19. The Kier molecular flexibility index (Phi) is 7.65. The van der Waals surface area contributed by atoms with Crippen LogP contribution in [0.15, 0.2) is 35.6 Å². The maximum atomic E-state index is 13.2. The normalized spacial score (nSPS) is 22.7. The van der Waals surface area contributed by atoms with Crippen molar-refractivity contribution in [3.8, 4) is 0 Å². The fourth-order valence-corrected chi connectivity index (χ4v) is 6.05. The van der Waals surface area contributed by atoms with Crippen LogP contribution in [0.4, 0.5) is 0 Å². The summed E-state index contributed by atoms with van der Waals surface area (Å²) >= 11 is 1.70. The molecule has 2 fully saturated rings. The highest BCUT2D eigenvalue weighted by atomic mass is 32.2. The number of carbonyl (C=O) groups excluding carboxylic acids is 2. The molecule has 2 aromatic rings. The maximum absolute atomic E-state index is 13.2. The zero-order chi connectivity index (χ0) is 24.2. The first-order chi connectivity index (χ1) is 17.1. The van der Waals surface area contributed by atoms with Gasteiger partial charge in [-0.15, -0.1) is 0 Å². The number of fused-ring (bicyclic) bond motifs is 1. The molecule has 0 spiro atoms. The van der Waals surface area contributed by atoms with Gasteiger partial charge in [0.05, 0.1) is 31.4 Å². The third kappa shape index (κ3) is 5.68. The van der Waals surface area contributed by atoms with Crippen molar-refractivity contribution in [2.75, 3.05) is 51.7 Å². The molecule has 35 heavy (non-hydrogen) atoms. The van der Waals surface area contributed by atoms with E-state index in [1.165, 1.54) is 0 Å². The number of amides is 2. The molecule has 1 aromatic heterocycles. The van der Waals surface area contributed by atoms with Gasteiger partial charge < -0.3 is 15.0 Å². The van der Waals surface area contributed by atoms with Crippen molar-refractivity contribution < 1.29 is 14.3 Å². The van der Waals surface area contributed by atoms with Gasteiger partial charge in [-0.3, -0.25) is 14.5 Å². The van der Waals surface area contributed by atoms with Gasteiger partial charge in [0.15, 0.2) is 5.16 Å². The average Bonchev–Trinajstić information content (AvgIpc) is 3.21. The third-order valence-corrected chi connectivity index (χ3v) is 8.00. The Hall–Kier alpha value is -2.49. The molecule has 0 saturated carbocycles. The zero-order valence-electron chi connectivity index (χ0n) is 20.2. The van der Waals surface area contributed by atoms with Crippen LogP contribution in [-0.4, -0.2) is 83.3 Å². The van der Waals surface area contributed by atoms with Crippen molar-refractivity contribution in [1.82, 2.24) is 25.1 Å². The molecule has 2 atom stereocenters. The first kappa shape index (κ1) is 24.2. The van der Waals surface area contributed by atoms with Crippen LogP contribution >= 0.6 is 11.8 Å². The second kappa shape index (κ2) is 11.1. The van der Waals surface area contributed by atoms with Crippen LogP contribution in [0.3, 0.4) is 0 Å². The molecular formula is C26H33N5O3S. The van der Waals surface area contributed by atoms with Crippen molar-refractivity contribution in [1.29, 1.82) is 0 Å². The summed E-state index contributed by atoms with van der Waals surface area (Å²) in [6.07, 6.45) is 4.18. The summed E-state index contributed by atoms with van der Waals surface area (Å²) in [5.41, 5.74) is 3.74. The minimum absolute atomic E-state index is 0.0866. The van der Waals surface area contributed by atoms with Gasteiger partial charge >= 0.3 is 0 Å². The lowest BCUT2D eigenvalue weighted by Gasteiger charge is -2.33. The summed E-state index contributed by atoms with van der Waals surface area (Å²) in [4.78, 5) is 39.3. The largest absolute Gasteiger partial charge is 0.379 e. The van der Waals surface area contributed by atoms with Crippen LogP contribution in [-0.2, 0) is 9.53 Å². The van der Waals surface area contributed by atoms with Gasteiger partial charge in [0.2, 0.25) is 5.91 Å². The zero-order valence-corrected chi connectivity index (χ0v) is 21.1. The minimum atomic E-state index is -0.248. The summed E-state index contributed by atoms with van der Waals surface area (Å²) in [5.74, 6) is 1.15. The lowest BCUT2D eigenvalue weighted by molar-refractivity contribution is -0.132. The Bertz CT molecular complexity index is 1070. The first-order valence-corrected chi connectivity index (χ1v) is 13.5. The van der Waals surface area contributed by atoms with E-state index in [2.05, 4.69) is 22.1 Å². The molecule has 8 nitrogen and oxygen atoms in total. The van der Waals surface area contributed by atoms with E-state index in [1.54, 1.807) is 11.8 Å². The van der Waals surface area contributed by atoms with Gasteiger partial charge in [-0.05, 0) is 37.0 Å². The van der Waals surface area contributed by atoms with Crippen LogP contribution in [0.5, 0.6) is 0 Å². The van der Waals surface area contributed by atoms with Gasteiger partial charge in [-0.25, -0.2) is 9.97 Å². The average molecular weight is 496 g/mol. The Labute approximate surface area is 210 Å². The minimum Gasteiger partial charge on any atom is -0.379 e. The molecule has 2 amide bonds. The molecule has 4 heterocycles. The van der Waals surface area contributed by atoms with Crippen LogP contribution in [0.1, 0.15) is 58.4 Å². The molecule has 2 unspecified atom stereocenters. The molecule has 1 aromatic carbocycles. The molecular weight excluding hydrogens is 462 g/mol. The van der Waals surface area contributed by atoms with E-state index in [0.717, 1.165) is 80.0 Å². The standard InChI is InChI=1S/C26H33N5O3S/c1-18-16-27-26(35-14-11-30-9-12-34-13-10-30)29-24(18)19-5-4-8-31(17-19)23(32)15-22-20-6-2-3-7-21(20)25(33)28-22/h2-3,6-7,16,19,22H,4-5,8-15,17H2,1H3,(H,28,33). The third-order valence-electron chi connectivity index (χ3n) is 7.16. The van der Waals surface area contributed by atoms with Crippen LogP contribution in [0, 0.1) is 6.92 Å². The van der Waals surface area contributed by atoms with E-state index in [0.29, 0.717) is 18.5 Å². The summed E-state index contributed by atoms with van der Waals surface area (Å²) in [6.45, 7) is 8.08. The van der Waals surface area contributed by atoms with Crippen molar-refractivity contribution in [2.45, 2.75) is 43.3 Å². The van der Waals surface area contributed by atoms with Crippen LogP contribution < -0.4 is 5.32 Å². The van der Waals surface area contributed by atoms with Gasteiger partial charge in [-0.1, -0.05) is 30.0 Å². The summed E-state index contributed by atoms with van der Waals surface area (Å²) in [5, 5.41) is 3.78. The van der Waals surface area contributed by atoms with E-state index >= 15 is 0 Å². The SMILES string of the molecule is Cc1cnc(SCCN2CCOCC2)nc1C1CCCN(C(=O)CC2NC(=O)c3ccccc32)C1. The highest BCUT2D eigenvalue weighted by molar-refractivity contribution is 7.99. The van der Waals surface area contributed by atoms with Gasteiger partial charge in [0.25, 0.3) is 5.91 Å². The predicted molar refractivity (Wildman–Crippen MR) is 135 cm³/mol. The predicted octanol–water partition coefficient (Wildman–Crippen LogP) is 2.79. The topological polar surface area (TPSA) is 87.7 Å². The Morgan fingerprint density at radius 3 is 2.91 bits per heavy atom. The number of aromatic nitrogens is 2. The first-order valence-electron chi connectivity index (χ1n) is 12.5. The van der Waals surface area contributed by atoms with Crippen LogP contribution in [0.25, 0.3) is 0 Å². The number of hydrogen-bond acceptors (Lipinski definition) is 7. The Morgan fingerprint density at radius 1 is 1.23 bits per heavy atom. The fourth-order valence-electron chi connectivity index (χ4n) is 5.22. The molecule has 3 aliphatic heterocycles. The number of piperidine rings is 1. The lowest BCUT2D eigenvalue weighted by atomic mass is 9.92. The van der Waals surface area contributed by atoms with Crippen molar-refractivity contribution >= 4 is 23.6 Å². The molecule has 2 saturated heterocycles. The lowest BCUT2D eigenvalue weighted by Crippen LogP contribution is -2.40. The summed E-state index contributed by atoms with van der Waals surface area (Å²) in [6, 6.07) is 7.29. The molecule has 3 aliphatic rings. The number of nitrogens with zero attached hydrogens (tertiary/aromatic N) is 4. The number of ether oxygens (including phenoxy) is 1. The molecule has 5 rings (SSSR count). The van der Waals surface area contributed by atoms with E-state index in [-0.39, 0.29) is 23.8 Å². The van der Waals surface area contributed by atoms with Gasteiger partial charge in [-0.2, -0.15) is 0 Å². The molecule has 0 bridgehead atoms. The molecule has 186 valence electrons. The monoisotopic (exact) mass is 495 g/mol. The quantitative estimate of drug-likeness (QED) is 0.467. The number of likely N-dealkylation sites (tertiary alicyclic amines) is 1. The number of morpholine rings is 1. The number of thioether (sulfide) groups is 1. The van der Waals surface area contributed by atoms with Crippen LogP contribution in [0.2, 0.25) is 0 Å². The second-order valence-corrected chi connectivity index (χ2v) is 10.6. The second-order valence-electron chi connectivity index (χ2n) is 9.52. The number of carbonyl (C=O) groups is 2. The Morgan fingerprint density at radius 2 is 2.06 bits per heavy atom. The fraction of sp³-hybridized carbons (Fsp3) is 0.538. The summed E-state index contributed by atoms with van der Waals surface area (Å²) < 4.78 is 5.42. The number of aryl methyl sites for hydroxylation is 1. The maximum Gasteiger partial charge on any atom is 0.252 e. The number of hydrogen-bond donors (Lipinski definition) is 1. The highest BCUT2D eigenvalue weighted by Crippen LogP contribution is 2.32. The van der Waals surface area contributed by atoms with E-state index < -0.39 is 0 Å². The molecule has 1 N–H and O–H groups in total. The van der Waals surface area contributed by atoms with Gasteiger partial charge in [0.1, 0.15) is 0 Å².